The molecule has 0 aliphatic rings. The SMILES string of the molecule is COc1ccc(C)cc1C(=O)OCC(=O)N(C)Cc1ccc(OC(F)F)cc1. The predicted molar refractivity (Wildman–Crippen MR) is 97.6 cm³/mol. The van der Waals surface area contributed by atoms with Crippen molar-refractivity contribution in [3.05, 3.63) is 59.2 Å². The highest BCUT2D eigenvalue weighted by Gasteiger charge is 2.17. The van der Waals surface area contributed by atoms with E-state index in [1.807, 2.05) is 6.92 Å². The molecule has 0 saturated heterocycles. The van der Waals surface area contributed by atoms with Crippen molar-refractivity contribution in [2.75, 3.05) is 20.8 Å². The summed E-state index contributed by atoms with van der Waals surface area (Å²) in [5, 5.41) is 0. The van der Waals surface area contributed by atoms with E-state index in [0.29, 0.717) is 11.3 Å². The lowest BCUT2D eigenvalue weighted by Crippen LogP contribution is -2.30. The highest BCUT2D eigenvalue weighted by molar-refractivity contribution is 5.94. The molecule has 0 heterocycles. The minimum atomic E-state index is -2.89. The number of likely N-dealkylation sites (N-methyl/N-ethyl adjacent to an activating group) is 1. The highest BCUT2D eigenvalue weighted by atomic mass is 19.3. The molecule has 8 heteroatoms. The molecule has 0 atom stereocenters. The number of carbonyl (C=O) groups excluding carboxylic acids is 2. The van der Waals surface area contributed by atoms with Gasteiger partial charge in [0.05, 0.1) is 7.11 Å². The number of ether oxygens (including phenoxy) is 3. The first-order valence-electron chi connectivity index (χ1n) is 8.39. The van der Waals surface area contributed by atoms with E-state index in [9.17, 15) is 18.4 Å². The standard InChI is InChI=1S/C20H21F2NO5/c1-13-4-9-17(26-3)16(10-13)19(25)27-12-18(24)23(2)11-14-5-7-15(8-6-14)28-20(21)22/h4-10,20H,11-12H2,1-3H3. The molecule has 0 N–H and O–H groups in total. The third kappa shape index (κ3) is 5.94. The molecule has 0 aromatic heterocycles. The summed E-state index contributed by atoms with van der Waals surface area (Å²) in [5.41, 5.74) is 1.81. The lowest BCUT2D eigenvalue weighted by Gasteiger charge is -2.18. The van der Waals surface area contributed by atoms with Gasteiger partial charge in [-0.25, -0.2) is 4.79 Å². The number of methoxy groups -OCH3 is 1. The molecule has 28 heavy (non-hydrogen) atoms. The number of rotatable bonds is 8. The van der Waals surface area contributed by atoms with Crippen molar-refractivity contribution in [3.8, 4) is 11.5 Å². The summed E-state index contributed by atoms with van der Waals surface area (Å²) >= 11 is 0. The average Bonchev–Trinajstić information content (AvgIpc) is 2.66. The molecule has 0 aliphatic carbocycles. The number of aryl methyl sites for hydroxylation is 1. The van der Waals surface area contributed by atoms with Crippen molar-refractivity contribution < 1.29 is 32.6 Å². The molecule has 150 valence electrons. The van der Waals surface area contributed by atoms with E-state index in [1.54, 1.807) is 37.4 Å². The predicted octanol–water partition coefficient (Wildman–Crippen LogP) is 3.42. The van der Waals surface area contributed by atoms with Gasteiger partial charge in [0.15, 0.2) is 6.61 Å². The maximum Gasteiger partial charge on any atom is 0.387 e. The normalized spacial score (nSPS) is 10.5. The summed E-state index contributed by atoms with van der Waals surface area (Å²) in [6.07, 6.45) is 0. The molecule has 0 radical (unpaired) electrons. The van der Waals surface area contributed by atoms with E-state index in [4.69, 9.17) is 9.47 Å². The van der Waals surface area contributed by atoms with E-state index in [0.717, 1.165) is 5.56 Å². The first-order chi connectivity index (χ1) is 13.3. The average molecular weight is 393 g/mol. The lowest BCUT2D eigenvalue weighted by atomic mass is 10.1. The minimum Gasteiger partial charge on any atom is -0.496 e. The van der Waals surface area contributed by atoms with Gasteiger partial charge in [-0.05, 0) is 36.8 Å². The summed E-state index contributed by atoms with van der Waals surface area (Å²) in [6, 6.07) is 11.0. The Morgan fingerprint density at radius 3 is 2.39 bits per heavy atom. The second kappa shape index (κ2) is 9.68. The number of amides is 1. The molecule has 0 spiro atoms. The number of alkyl halides is 2. The molecule has 2 rings (SSSR count). The molecule has 1 amide bonds. The quantitative estimate of drug-likeness (QED) is 0.643. The number of nitrogens with zero attached hydrogens (tertiary/aromatic N) is 1. The van der Waals surface area contributed by atoms with Gasteiger partial charge in [-0.2, -0.15) is 8.78 Å². The summed E-state index contributed by atoms with van der Waals surface area (Å²) in [7, 11) is 2.99. The number of esters is 1. The third-order valence-electron chi connectivity index (χ3n) is 3.90. The lowest BCUT2D eigenvalue weighted by molar-refractivity contribution is -0.133. The zero-order chi connectivity index (χ0) is 20.7. The van der Waals surface area contributed by atoms with E-state index >= 15 is 0 Å². The Balaban J connectivity index is 1.90. The fraction of sp³-hybridized carbons (Fsp3) is 0.300. The van der Waals surface area contributed by atoms with Crippen LogP contribution in [-0.4, -0.2) is 44.2 Å². The van der Waals surface area contributed by atoms with Crippen LogP contribution in [0.2, 0.25) is 0 Å². The Morgan fingerprint density at radius 1 is 1.11 bits per heavy atom. The van der Waals surface area contributed by atoms with Crippen LogP contribution in [0.1, 0.15) is 21.5 Å². The van der Waals surface area contributed by atoms with E-state index in [1.165, 1.54) is 24.1 Å². The largest absolute Gasteiger partial charge is 0.496 e. The maximum absolute atomic E-state index is 12.2. The van der Waals surface area contributed by atoms with Gasteiger partial charge in [0, 0.05) is 13.6 Å². The van der Waals surface area contributed by atoms with Crippen LogP contribution in [0.5, 0.6) is 11.5 Å². The molecule has 6 nitrogen and oxygen atoms in total. The monoisotopic (exact) mass is 393 g/mol. The Bertz CT molecular complexity index is 824. The van der Waals surface area contributed by atoms with Gasteiger partial charge < -0.3 is 19.1 Å². The van der Waals surface area contributed by atoms with Crippen molar-refractivity contribution in [3.63, 3.8) is 0 Å². The van der Waals surface area contributed by atoms with Crippen LogP contribution in [0, 0.1) is 6.92 Å². The zero-order valence-electron chi connectivity index (χ0n) is 15.8. The molecule has 0 aliphatic heterocycles. The summed E-state index contributed by atoms with van der Waals surface area (Å²) in [6.45, 7) is -1.28. The van der Waals surface area contributed by atoms with Gasteiger partial charge in [0.1, 0.15) is 17.1 Å². The highest BCUT2D eigenvalue weighted by Crippen LogP contribution is 2.20. The van der Waals surface area contributed by atoms with Gasteiger partial charge >= 0.3 is 12.6 Å². The maximum atomic E-state index is 12.2. The Hall–Kier alpha value is -3.16. The molecular weight excluding hydrogens is 372 g/mol. The zero-order valence-corrected chi connectivity index (χ0v) is 15.8. The fourth-order valence-electron chi connectivity index (χ4n) is 2.43. The van der Waals surface area contributed by atoms with E-state index in [-0.39, 0.29) is 17.9 Å². The molecule has 0 fully saturated rings. The van der Waals surface area contributed by atoms with Crippen molar-refractivity contribution in [2.24, 2.45) is 0 Å². The molecular formula is C20H21F2NO5. The number of hydrogen-bond acceptors (Lipinski definition) is 5. The molecule has 0 unspecified atom stereocenters. The molecule has 0 bridgehead atoms. The third-order valence-corrected chi connectivity index (χ3v) is 3.90. The van der Waals surface area contributed by atoms with Gasteiger partial charge in [0.25, 0.3) is 5.91 Å². The topological polar surface area (TPSA) is 65.1 Å². The molecule has 0 saturated carbocycles. The molecule has 2 aromatic carbocycles. The van der Waals surface area contributed by atoms with Crippen LogP contribution in [0.4, 0.5) is 8.78 Å². The van der Waals surface area contributed by atoms with Crippen molar-refractivity contribution in [2.45, 2.75) is 20.1 Å². The van der Waals surface area contributed by atoms with Gasteiger partial charge in [0.2, 0.25) is 0 Å². The number of hydrogen-bond donors (Lipinski definition) is 0. The smallest absolute Gasteiger partial charge is 0.387 e. The van der Waals surface area contributed by atoms with Gasteiger partial charge in [-0.3, -0.25) is 4.79 Å². The van der Waals surface area contributed by atoms with Crippen LogP contribution >= 0.6 is 0 Å². The Morgan fingerprint density at radius 2 is 1.79 bits per heavy atom. The van der Waals surface area contributed by atoms with E-state index < -0.39 is 25.1 Å². The van der Waals surface area contributed by atoms with Crippen molar-refractivity contribution in [1.82, 2.24) is 4.90 Å². The summed E-state index contributed by atoms with van der Waals surface area (Å²) in [5.74, 6) is -0.667. The van der Waals surface area contributed by atoms with Crippen LogP contribution < -0.4 is 9.47 Å². The fourth-order valence-corrected chi connectivity index (χ4v) is 2.43. The number of carbonyl (C=O) groups is 2. The minimum absolute atomic E-state index is 0.0359. The second-order valence-electron chi connectivity index (χ2n) is 6.05. The Labute approximate surface area is 161 Å². The van der Waals surface area contributed by atoms with Crippen molar-refractivity contribution in [1.29, 1.82) is 0 Å². The first-order valence-corrected chi connectivity index (χ1v) is 8.39. The van der Waals surface area contributed by atoms with Crippen LogP contribution in [0.15, 0.2) is 42.5 Å². The first kappa shape index (κ1) is 21.1. The van der Waals surface area contributed by atoms with Crippen LogP contribution in [0.3, 0.4) is 0 Å². The van der Waals surface area contributed by atoms with Gasteiger partial charge in [-0.1, -0.05) is 23.8 Å². The van der Waals surface area contributed by atoms with Crippen LogP contribution in [-0.2, 0) is 16.1 Å². The number of benzene rings is 2. The summed E-state index contributed by atoms with van der Waals surface area (Å²) in [4.78, 5) is 25.8. The second-order valence-corrected chi connectivity index (χ2v) is 6.05. The van der Waals surface area contributed by atoms with Crippen LogP contribution in [0.25, 0.3) is 0 Å². The number of halogens is 2. The molecule has 2 aromatic rings. The summed E-state index contributed by atoms with van der Waals surface area (Å²) < 4.78 is 38.8. The van der Waals surface area contributed by atoms with E-state index in [2.05, 4.69) is 4.74 Å². The van der Waals surface area contributed by atoms with Crippen molar-refractivity contribution >= 4 is 11.9 Å². The van der Waals surface area contributed by atoms with Gasteiger partial charge in [-0.15, -0.1) is 0 Å². The Kier molecular flexibility index (Phi) is 7.31.